The van der Waals surface area contributed by atoms with Crippen LogP contribution >= 0.6 is 0 Å². The molecule has 1 aromatic rings. The largest absolute Gasteiger partial charge is 0.451 e. The molecule has 0 spiro atoms. The van der Waals surface area contributed by atoms with Crippen LogP contribution in [0.15, 0.2) is 17.5 Å². The summed E-state index contributed by atoms with van der Waals surface area (Å²) in [5.74, 6) is -1.33. The standard InChI is InChI=1S/C9H10F3N5O2/c10-9(11,12)8-14-3-5(4-15-8)7(19)6(18)1-2-16-17-13/h3-4,6-7,18-19H,1-2H2. The van der Waals surface area contributed by atoms with Gasteiger partial charge in [-0.1, -0.05) is 5.11 Å². The summed E-state index contributed by atoms with van der Waals surface area (Å²) < 4.78 is 36.6. The van der Waals surface area contributed by atoms with Gasteiger partial charge in [-0.05, 0) is 12.0 Å². The van der Waals surface area contributed by atoms with Crippen molar-refractivity contribution in [3.63, 3.8) is 0 Å². The Kier molecular flexibility index (Phi) is 5.04. The molecule has 1 aromatic heterocycles. The number of azide groups is 1. The van der Waals surface area contributed by atoms with E-state index in [1.54, 1.807) is 0 Å². The zero-order valence-corrected chi connectivity index (χ0v) is 9.49. The van der Waals surface area contributed by atoms with E-state index < -0.39 is 24.2 Å². The molecule has 0 aromatic carbocycles. The highest BCUT2D eigenvalue weighted by molar-refractivity contribution is 5.11. The van der Waals surface area contributed by atoms with E-state index in [1.807, 2.05) is 0 Å². The maximum absolute atomic E-state index is 12.2. The summed E-state index contributed by atoms with van der Waals surface area (Å²) >= 11 is 0. The number of hydrogen-bond acceptors (Lipinski definition) is 5. The third-order valence-corrected chi connectivity index (χ3v) is 2.22. The molecule has 1 rings (SSSR count). The molecule has 0 saturated heterocycles. The average molecular weight is 277 g/mol. The Hall–Kier alpha value is -1.90. The van der Waals surface area contributed by atoms with E-state index in [0.717, 1.165) is 12.4 Å². The lowest BCUT2D eigenvalue weighted by molar-refractivity contribution is -0.145. The zero-order chi connectivity index (χ0) is 14.5. The molecular weight excluding hydrogens is 267 g/mol. The van der Waals surface area contributed by atoms with Gasteiger partial charge in [0.1, 0.15) is 6.10 Å². The van der Waals surface area contributed by atoms with Gasteiger partial charge >= 0.3 is 6.18 Å². The van der Waals surface area contributed by atoms with Crippen molar-refractivity contribution in [1.29, 1.82) is 0 Å². The number of rotatable bonds is 5. The van der Waals surface area contributed by atoms with Crippen molar-refractivity contribution in [3.8, 4) is 0 Å². The van der Waals surface area contributed by atoms with Gasteiger partial charge in [-0.3, -0.25) is 0 Å². The van der Waals surface area contributed by atoms with E-state index >= 15 is 0 Å². The van der Waals surface area contributed by atoms with E-state index in [0.29, 0.717) is 0 Å². The summed E-state index contributed by atoms with van der Waals surface area (Å²) in [6.45, 7) is -0.0454. The van der Waals surface area contributed by atoms with Gasteiger partial charge < -0.3 is 10.2 Å². The molecule has 0 saturated carbocycles. The molecule has 10 heteroatoms. The number of aliphatic hydroxyl groups excluding tert-OH is 2. The first-order valence-corrected chi connectivity index (χ1v) is 5.12. The molecule has 19 heavy (non-hydrogen) atoms. The summed E-state index contributed by atoms with van der Waals surface area (Å²) in [5.41, 5.74) is 7.97. The second kappa shape index (κ2) is 6.32. The van der Waals surface area contributed by atoms with Crippen LogP contribution in [0.1, 0.15) is 23.9 Å². The molecule has 0 radical (unpaired) electrons. The van der Waals surface area contributed by atoms with E-state index in [1.165, 1.54) is 0 Å². The van der Waals surface area contributed by atoms with Crippen LogP contribution in [0, 0.1) is 0 Å². The van der Waals surface area contributed by atoms with Crippen LogP contribution in [-0.4, -0.2) is 32.8 Å². The highest BCUT2D eigenvalue weighted by Gasteiger charge is 2.34. The third-order valence-electron chi connectivity index (χ3n) is 2.22. The Bertz CT molecular complexity index is 458. The molecule has 7 nitrogen and oxygen atoms in total. The summed E-state index contributed by atoms with van der Waals surface area (Å²) in [6.07, 6.45) is -5.85. The monoisotopic (exact) mass is 277 g/mol. The van der Waals surface area contributed by atoms with Gasteiger partial charge in [-0.25, -0.2) is 9.97 Å². The zero-order valence-electron chi connectivity index (χ0n) is 9.49. The normalized spacial score (nSPS) is 14.6. The molecule has 0 fully saturated rings. The Morgan fingerprint density at radius 3 is 2.37 bits per heavy atom. The number of aromatic nitrogens is 2. The lowest BCUT2D eigenvalue weighted by Gasteiger charge is -2.16. The topological polar surface area (TPSA) is 115 Å². The second-order valence-electron chi connectivity index (χ2n) is 3.59. The van der Waals surface area contributed by atoms with Gasteiger partial charge in [-0.15, -0.1) is 0 Å². The summed E-state index contributed by atoms with van der Waals surface area (Å²) in [4.78, 5) is 8.58. The Morgan fingerprint density at radius 1 is 1.32 bits per heavy atom. The average Bonchev–Trinajstić information content (AvgIpc) is 2.37. The van der Waals surface area contributed by atoms with Crippen molar-refractivity contribution in [2.45, 2.75) is 24.8 Å². The van der Waals surface area contributed by atoms with Crippen LogP contribution in [0.5, 0.6) is 0 Å². The summed E-state index contributed by atoms with van der Waals surface area (Å²) in [7, 11) is 0. The first-order chi connectivity index (χ1) is 8.86. The molecule has 0 bridgehead atoms. The van der Waals surface area contributed by atoms with Crippen molar-refractivity contribution in [3.05, 3.63) is 34.2 Å². The van der Waals surface area contributed by atoms with E-state index in [9.17, 15) is 23.4 Å². The molecular formula is C9H10F3N5O2. The molecule has 1 heterocycles. The van der Waals surface area contributed by atoms with Crippen LogP contribution in [-0.2, 0) is 6.18 Å². The van der Waals surface area contributed by atoms with Crippen LogP contribution < -0.4 is 0 Å². The van der Waals surface area contributed by atoms with E-state index in [2.05, 4.69) is 20.0 Å². The Morgan fingerprint density at radius 2 is 1.89 bits per heavy atom. The van der Waals surface area contributed by atoms with Gasteiger partial charge in [0.25, 0.3) is 0 Å². The minimum Gasteiger partial charge on any atom is -0.390 e. The smallest absolute Gasteiger partial charge is 0.390 e. The van der Waals surface area contributed by atoms with Gasteiger partial charge in [0.2, 0.25) is 5.82 Å². The van der Waals surface area contributed by atoms with Gasteiger partial charge in [0.05, 0.1) is 6.10 Å². The number of halogens is 3. The number of nitrogens with zero attached hydrogens (tertiary/aromatic N) is 5. The molecule has 0 aliphatic heterocycles. The minimum absolute atomic E-state index is 0.0355. The van der Waals surface area contributed by atoms with E-state index in [4.69, 9.17) is 5.53 Å². The lowest BCUT2D eigenvalue weighted by Crippen LogP contribution is -2.20. The van der Waals surface area contributed by atoms with Gasteiger partial charge in [-0.2, -0.15) is 13.2 Å². The molecule has 2 atom stereocenters. The summed E-state index contributed by atoms with van der Waals surface area (Å²) in [5, 5.41) is 22.3. The van der Waals surface area contributed by atoms with Crippen molar-refractivity contribution < 1.29 is 23.4 Å². The first-order valence-electron chi connectivity index (χ1n) is 5.12. The third kappa shape index (κ3) is 4.36. The summed E-state index contributed by atoms with van der Waals surface area (Å²) in [6, 6.07) is 0. The SMILES string of the molecule is [N-]=[N+]=NCCC(O)C(O)c1cnc(C(F)(F)F)nc1. The molecule has 2 N–H and O–H groups in total. The van der Waals surface area contributed by atoms with E-state index in [-0.39, 0.29) is 18.5 Å². The molecule has 0 aliphatic carbocycles. The molecule has 104 valence electrons. The van der Waals surface area contributed by atoms with Crippen LogP contribution in [0.2, 0.25) is 0 Å². The fourth-order valence-corrected chi connectivity index (χ4v) is 1.25. The maximum Gasteiger partial charge on any atom is 0.451 e. The fraction of sp³-hybridized carbons (Fsp3) is 0.556. The van der Waals surface area contributed by atoms with Gasteiger partial charge in [0.15, 0.2) is 0 Å². The van der Waals surface area contributed by atoms with Crippen molar-refractivity contribution in [2.75, 3.05) is 6.54 Å². The lowest BCUT2D eigenvalue weighted by atomic mass is 10.1. The highest BCUT2D eigenvalue weighted by Crippen LogP contribution is 2.26. The number of alkyl halides is 3. The molecule has 0 amide bonds. The van der Waals surface area contributed by atoms with Crippen molar-refractivity contribution in [2.24, 2.45) is 5.11 Å². The highest BCUT2D eigenvalue weighted by atomic mass is 19.4. The van der Waals surface area contributed by atoms with Gasteiger partial charge in [0, 0.05) is 29.4 Å². The Labute approximate surface area is 105 Å². The quantitative estimate of drug-likeness (QED) is 0.483. The predicted molar refractivity (Wildman–Crippen MR) is 56.6 cm³/mol. The van der Waals surface area contributed by atoms with Crippen molar-refractivity contribution >= 4 is 0 Å². The molecule has 2 unspecified atom stereocenters. The van der Waals surface area contributed by atoms with Crippen molar-refractivity contribution in [1.82, 2.24) is 9.97 Å². The minimum atomic E-state index is -4.66. The number of aliphatic hydroxyl groups is 2. The maximum atomic E-state index is 12.2. The number of hydrogen-bond donors (Lipinski definition) is 2. The fourth-order valence-electron chi connectivity index (χ4n) is 1.25. The molecule has 0 aliphatic rings. The second-order valence-corrected chi connectivity index (χ2v) is 3.59. The van der Waals surface area contributed by atoms with Crippen LogP contribution in [0.25, 0.3) is 10.4 Å². The Balaban J connectivity index is 2.72. The first kappa shape index (κ1) is 15.2. The van der Waals surface area contributed by atoms with Crippen LogP contribution in [0.3, 0.4) is 0 Å². The predicted octanol–water partition coefficient (Wildman–Crippen LogP) is 1.59. The van der Waals surface area contributed by atoms with Crippen LogP contribution in [0.4, 0.5) is 13.2 Å².